The third-order valence-electron chi connectivity index (χ3n) is 3.77. The lowest BCUT2D eigenvalue weighted by atomic mass is 10.1. The average Bonchev–Trinajstić information content (AvgIpc) is 2.75. The predicted octanol–water partition coefficient (Wildman–Crippen LogP) is 1.96. The molecule has 0 saturated carbocycles. The summed E-state index contributed by atoms with van der Waals surface area (Å²) >= 11 is 2.11. The van der Waals surface area contributed by atoms with Crippen LogP contribution in [-0.4, -0.2) is 48.1 Å². The third-order valence-corrected chi connectivity index (χ3v) is 4.82. The number of nitrogens with zero attached hydrogens (tertiary/aromatic N) is 1. The van der Waals surface area contributed by atoms with Crippen LogP contribution >= 0.6 is 11.8 Å². The second kappa shape index (κ2) is 6.12. The molecule has 2 aliphatic rings. The summed E-state index contributed by atoms with van der Waals surface area (Å²) in [6.07, 6.45) is 5.57. The average molecular weight is 228 g/mol. The van der Waals surface area contributed by atoms with Gasteiger partial charge >= 0.3 is 0 Å². The molecule has 2 rings (SSSR count). The van der Waals surface area contributed by atoms with Gasteiger partial charge in [-0.15, -0.1) is 0 Å². The van der Waals surface area contributed by atoms with Crippen LogP contribution in [-0.2, 0) is 0 Å². The van der Waals surface area contributed by atoms with E-state index in [-0.39, 0.29) is 0 Å². The van der Waals surface area contributed by atoms with Gasteiger partial charge in [-0.1, -0.05) is 6.92 Å². The van der Waals surface area contributed by atoms with Crippen molar-refractivity contribution in [2.75, 3.05) is 31.1 Å². The minimum Gasteiger partial charge on any atom is -0.312 e. The van der Waals surface area contributed by atoms with Gasteiger partial charge in [0.05, 0.1) is 0 Å². The fourth-order valence-electron chi connectivity index (χ4n) is 2.75. The SMILES string of the molecule is CCN1CCCC1CNC1CCSCC1. The van der Waals surface area contributed by atoms with E-state index in [0.717, 1.165) is 12.1 Å². The summed E-state index contributed by atoms with van der Waals surface area (Å²) in [5, 5.41) is 3.77. The van der Waals surface area contributed by atoms with Crippen molar-refractivity contribution in [2.45, 2.75) is 44.7 Å². The van der Waals surface area contributed by atoms with Crippen LogP contribution < -0.4 is 5.32 Å². The molecule has 2 aliphatic heterocycles. The highest BCUT2D eigenvalue weighted by Crippen LogP contribution is 2.19. The molecular weight excluding hydrogens is 204 g/mol. The smallest absolute Gasteiger partial charge is 0.0221 e. The minimum absolute atomic E-state index is 0.811. The van der Waals surface area contributed by atoms with E-state index in [2.05, 4.69) is 28.9 Å². The number of thioether (sulfide) groups is 1. The highest BCUT2D eigenvalue weighted by Gasteiger charge is 2.23. The molecule has 0 radical (unpaired) electrons. The molecule has 0 aliphatic carbocycles. The molecule has 1 atom stereocenters. The molecule has 0 aromatic rings. The van der Waals surface area contributed by atoms with Crippen LogP contribution in [0.4, 0.5) is 0 Å². The van der Waals surface area contributed by atoms with Gasteiger partial charge in [0.2, 0.25) is 0 Å². The molecule has 0 amide bonds. The van der Waals surface area contributed by atoms with Crippen LogP contribution in [0.15, 0.2) is 0 Å². The van der Waals surface area contributed by atoms with Crippen LogP contribution in [0.25, 0.3) is 0 Å². The van der Waals surface area contributed by atoms with Crippen LogP contribution in [0.1, 0.15) is 32.6 Å². The van der Waals surface area contributed by atoms with Gasteiger partial charge < -0.3 is 5.32 Å². The van der Waals surface area contributed by atoms with Gasteiger partial charge in [-0.05, 0) is 50.3 Å². The standard InChI is InChI=1S/C12H24N2S/c1-2-14-7-3-4-12(14)10-13-11-5-8-15-9-6-11/h11-13H,2-10H2,1H3. The molecule has 0 aromatic carbocycles. The van der Waals surface area contributed by atoms with Gasteiger partial charge in [-0.2, -0.15) is 11.8 Å². The predicted molar refractivity (Wildman–Crippen MR) is 68.6 cm³/mol. The van der Waals surface area contributed by atoms with Crippen LogP contribution in [0.2, 0.25) is 0 Å². The number of hydrogen-bond donors (Lipinski definition) is 1. The van der Waals surface area contributed by atoms with Crippen molar-refractivity contribution in [3.8, 4) is 0 Å². The maximum Gasteiger partial charge on any atom is 0.0221 e. The Kier molecular flexibility index (Phi) is 4.79. The van der Waals surface area contributed by atoms with Gasteiger partial charge in [-0.3, -0.25) is 4.90 Å². The van der Waals surface area contributed by atoms with E-state index in [0.29, 0.717) is 0 Å². The largest absolute Gasteiger partial charge is 0.312 e. The number of likely N-dealkylation sites (N-methyl/N-ethyl adjacent to an activating group) is 1. The van der Waals surface area contributed by atoms with Crippen LogP contribution in [0.5, 0.6) is 0 Å². The van der Waals surface area contributed by atoms with Gasteiger partial charge in [-0.25, -0.2) is 0 Å². The molecule has 88 valence electrons. The molecule has 3 heteroatoms. The second-order valence-corrected chi connectivity index (χ2v) is 5.94. The summed E-state index contributed by atoms with van der Waals surface area (Å²) in [5.41, 5.74) is 0. The van der Waals surface area contributed by atoms with Crippen molar-refractivity contribution in [1.82, 2.24) is 10.2 Å². The zero-order chi connectivity index (χ0) is 10.5. The summed E-state index contributed by atoms with van der Waals surface area (Å²) < 4.78 is 0. The summed E-state index contributed by atoms with van der Waals surface area (Å²) in [6.45, 7) is 6.06. The van der Waals surface area contributed by atoms with E-state index in [1.54, 1.807) is 0 Å². The number of rotatable bonds is 4. The normalized spacial score (nSPS) is 29.8. The first-order valence-corrected chi connectivity index (χ1v) is 7.61. The molecule has 2 fully saturated rings. The van der Waals surface area contributed by atoms with Crippen molar-refractivity contribution in [2.24, 2.45) is 0 Å². The quantitative estimate of drug-likeness (QED) is 0.792. The molecule has 2 saturated heterocycles. The van der Waals surface area contributed by atoms with E-state index in [4.69, 9.17) is 0 Å². The topological polar surface area (TPSA) is 15.3 Å². The number of hydrogen-bond acceptors (Lipinski definition) is 3. The summed E-state index contributed by atoms with van der Waals surface area (Å²) in [6, 6.07) is 1.63. The lowest BCUT2D eigenvalue weighted by Gasteiger charge is -2.28. The van der Waals surface area contributed by atoms with Crippen molar-refractivity contribution < 1.29 is 0 Å². The fraction of sp³-hybridized carbons (Fsp3) is 1.00. The van der Waals surface area contributed by atoms with Gasteiger partial charge in [0.25, 0.3) is 0 Å². The first-order valence-electron chi connectivity index (χ1n) is 6.45. The Morgan fingerprint density at radius 2 is 2.07 bits per heavy atom. The second-order valence-electron chi connectivity index (χ2n) is 4.72. The molecule has 1 unspecified atom stereocenters. The third kappa shape index (κ3) is 3.36. The van der Waals surface area contributed by atoms with Crippen LogP contribution in [0, 0.1) is 0 Å². The van der Waals surface area contributed by atoms with Crippen molar-refractivity contribution >= 4 is 11.8 Å². The monoisotopic (exact) mass is 228 g/mol. The summed E-state index contributed by atoms with van der Waals surface area (Å²) in [7, 11) is 0. The van der Waals surface area contributed by atoms with Gasteiger partial charge in [0.1, 0.15) is 0 Å². The van der Waals surface area contributed by atoms with Crippen LogP contribution in [0.3, 0.4) is 0 Å². The Hall–Kier alpha value is 0.270. The Balaban J connectivity index is 1.67. The molecular formula is C12H24N2S. The lowest BCUT2D eigenvalue weighted by Crippen LogP contribution is -2.42. The van der Waals surface area contributed by atoms with Crippen molar-refractivity contribution in [1.29, 1.82) is 0 Å². The van der Waals surface area contributed by atoms with E-state index in [9.17, 15) is 0 Å². The van der Waals surface area contributed by atoms with E-state index in [1.165, 1.54) is 56.8 Å². The number of likely N-dealkylation sites (tertiary alicyclic amines) is 1. The van der Waals surface area contributed by atoms with E-state index >= 15 is 0 Å². The maximum absolute atomic E-state index is 3.77. The van der Waals surface area contributed by atoms with E-state index < -0.39 is 0 Å². The first kappa shape index (κ1) is 11.7. The van der Waals surface area contributed by atoms with Crippen molar-refractivity contribution in [3.63, 3.8) is 0 Å². The molecule has 1 N–H and O–H groups in total. The van der Waals surface area contributed by atoms with Gasteiger partial charge in [0.15, 0.2) is 0 Å². The Morgan fingerprint density at radius 3 is 2.80 bits per heavy atom. The molecule has 0 aromatic heterocycles. The van der Waals surface area contributed by atoms with E-state index in [1.807, 2.05) is 0 Å². The minimum atomic E-state index is 0.811. The molecule has 2 heterocycles. The molecule has 0 spiro atoms. The number of nitrogens with one attached hydrogen (secondary N) is 1. The molecule has 2 nitrogen and oxygen atoms in total. The zero-order valence-corrected chi connectivity index (χ0v) is 10.7. The maximum atomic E-state index is 3.77. The lowest BCUT2D eigenvalue weighted by molar-refractivity contribution is 0.252. The Morgan fingerprint density at radius 1 is 1.27 bits per heavy atom. The Labute approximate surface area is 98.2 Å². The fourth-order valence-corrected chi connectivity index (χ4v) is 3.85. The first-order chi connectivity index (χ1) is 7.40. The Bertz CT molecular complexity index is 180. The molecule has 15 heavy (non-hydrogen) atoms. The highest BCUT2D eigenvalue weighted by molar-refractivity contribution is 7.99. The van der Waals surface area contributed by atoms with Gasteiger partial charge in [0, 0.05) is 18.6 Å². The zero-order valence-electron chi connectivity index (χ0n) is 9.87. The summed E-state index contributed by atoms with van der Waals surface area (Å²) in [5.74, 6) is 2.72. The van der Waals surface area contributed by atoms with Crippen molar-refractivity contribution in [3.05, 3.63) is 0 Å². The highest BCUT2D eigenvalue weighted by atomic mass is 32.2. The molecule has 0 bridgehead atoms. The summed E-state index contributed by atoms with van der Waals surface area (Å²) in [4.78, 5) is 2.63.